The van der Waals surface area contributed by atoms with Crippen molar-refractivity contribution in [2.45, 2.75) is 82.2 Å². The number of ketones is 1. The Labute approximate surface area is 215 Å². The zero-order valence-electron chi connectivity index (χ0n) is 21.5. The number of rotatable bonds is 8. The second kappa shape index (κ2) is 9.78. The first-order valence-corrected chi connectivity index (χ1v) is 14.2. The highest BCUT2D eigenvalue weighted by Crippen LogP contribution is 2.66. The van der Waals surface area contributed by atoms with Crippen molar-refractivity contribution < 1.29 is 9.59 Å². The highest BCUT2D eigenvalue weighted by molar-refractivity contribution is 5.89. The largest absolute Gasteiger partial charge is 0.353 e. The van der Waals surface area contributed by atoms with E-state index in [1.54, 1.807) is 0 Å². The van der Waals surface area contributed by atoms with E-state index >= 15 is 0 Å². The second-order valence-electron chi connectivity index (χ2n) is 12.4. The van der Waals surface area contributed by atoms with Gasteiger partial charge in [-0.05, 0) is 79.7 Å². The van der Waals surface area contributed by atoms with Gasteiger partial charge in [-0.25, -0.2) is 0 Å². The van der Waals surface area contributed by atoms with Crippen LogP contribution < -0.4 is 5.32 Å². The molecule has 7 rings (SSSR count). The van der Waals surface area contributed by atoms with Gasteiger partial charge < -0.3 is 5.32 Å². The third-order valence-electron chi connectivity index (χ3n) is 9.82. The number of piperidine rings is 1. The van der Waals surface area contributed by atoms with Gasteiger partial charge in [0, 0.05) is 43.9 Å². The van der Waals surface area contributed by atoms with Gasteiger partial charge in [-0.3, -0.25) is 14.5 Å². The Morgan fingerprint density at radius 1 is 0.833 bits per heavy atom. The van der Waals surface area contributed by atoms with E-state index in [4.69, 9.17) is 0 Å². The van der Waals surface area contributed by atoms with Crippen molar-refractivity contribution in [1.29, 1.82) is 0 Å². The molecule has 4 saturated carbocycles. The van der Waals surface area contributed by atoms with E-state index < -0.39 is 0 Å². The maximum Gasteiger partial charge on any atom is 0.220 e. The van der Waals surface area contributed by atoms with E-state index in [0.29, 0.717) is 30.5 Å². The molecule has 4 bridgehead atoms. The van der Waals surface area contributed by atoms with Crippen molar-refractivity contribution in [3.05, 3.63) is 71.8 Å². The highest BCUT2D eigenvalue weighted by Gasteiger charge is 2.60. The summed E-state index contributed by atoms with van der Waals surface area (Å²) in [4.78, 5) is 29.0. The SMILES string of the molecule is O=C(CCC(=O)C12CC3CC(C1)CC(c1ccccc1)(C3)C2)NC1CCN(Cc2ccccc2)CC1. The van der Waals surface area contributed by atoms with Gasteiger partial charge >= 0.3 is 0 Å². The fraction of sp³-hybridized carbons (Fsp3) is 0.562. The Balaban J connectivity index is 1.01. The van der Waals surface area contributed by atoms with Crippen molar-refractivity contribution in [1.82, 2.24) is 10.2 Å². The van der Waals surface area contributed by atoms with E-state index in [9.17, 15) is 9.59 Å². The Bertz CT molecular complexity index is 1060. The summed E-state index contributed by atoms with van der Waals surface area (Å²) in [6, 6.07) is 21.8. The number of benzene rings is 2. The predicted molar refractivity (Wildman–Crippen MR) is 142 cm³/mol. The molecule has 0 radical (unpaired) electrons. The number of carbonyl (C=O) groups is 2. The first-order valence-electron chi connectivity index (χ1n) is 14.2. The van der Waals surface area contributed by atoms with Crippen LogP contribution in [-0.4, -0.2) is 35.7 Å². The van der Waals surface area contributed by atoms with Crippen molar-refractivity contribution in [3.8, 4) is 0 Å². The van der Waals surface area contributed by atoms with Crippen LogP contribution in [0.15, 0.2) is 60.7 Å². The molecule has 4 heteroatoms. The first-order chi connectivity index (χ1) is 17.5. The summed E-state index contributed by atoms with van der Waals surface area (Å²) in [6.45, 7) is 2.99. The summed E-state index contributed by atoms with van der Waals surface area (Å²) < 4.78 is 0. The average molecular weight is 485 g/mol. The van der Waals surface area contributed by atoms with E-state index in [-0.39, 0.29) is 22.8 Å². The van der Waals surface area contributed by atoms with E-state index in [0.717, 1.165) is 51.7 Å². The molecule has 1 heterocycles. The molecule has 0 spiro atoms. The van der Waals surface area contributed by atoms with E-state index in [2.05, 4.69) is 70.9 Å². The Morgan fingerprint density at radius 3 is 2.14 bits per heavy atom. The molecule has 4 nitrogen and oxygen atoms in total. The molecule has 2 aromatic carbocycles. The third kappa shape index (κ3) is 4.77. The smallest absolute Gasteiger partial charge is 0.220 e. The summed E-state index contributed by atoms with van der Waals surface area (Å²) in [5.41, 5.74) is 2.77. The van der Waals surface area contributed by atoms with Crippen LogP contribution in [0.2, 0.25) is 0 Å². The predicted octanol–water partition coefficient (Wildman–Crippen LogP) is 5.65. The Kier molecular flexibility index (Phi) is 6.49. The number of nitrogens with one attached hydrogen (secondary N) is 1. The molecular formula is C32H40N2O2. The van der Waals surface area contributed by atoms with Crippen LogP contribution >= 0.6 is 0 Å². The summed E-state index contributed by atoms with van der Waals surface area (Å²) in [5, 5.41) is 3.25. The lowest BCUT2D eigenvalue weighted by molar-refractivity contribution is -0.147. The molecule has 1 aliphatic heterocycles. The molecule has 5 aliphatic rings. The summed E-state index contributed by atoms with van der Waals surface area (Å²) in [7, 11) is 0. The molecule has 2 atom stereocenters. The number of amides is 1. The Hall–Kier alpha value is -2.46. The maximum atomic E-state index is 13.7. The number of hydrogen-bond acceptors (Lipinski definition) is 3. The second-order valence-corrected chi connectivity index (χ2v) is 12.4. The van der Waals surface area contributed by atoms with Gasteiger partial charge in [0.05, 0.1) is 0 Å². The average Bonchev–Trinajstić information content (AvgIpc) is 2.89. The van der Waals surface area contributed by atoms with Gasteiger partial charge in [0.1, 0.15) is 5.78 Å². The molecule has 4 aliphatic carbocycles. The minimum absolute atomic E-state index is 0.0624. The van der Waals surface area contributed by atoms with Crippen LogP contribution in [0.25, 0.3) is 0 Å². The van der Waals surface area contributed by atoms with Crippen LogP contribution in [0.1, 0.15) is 75.3 Å². The maximum absolute atomic E-state index is 13.7. The lowest BCUT2D eigenvalue weighted by atomic mass is 9.42. The molecule has 1 saturated heterocycles. The molecule has 5 fully saturated rings. The molecule has 0 aromatic heterocycles. The zero-order chi connectivity index (χ0) is 24.6. The van der Waals surface area contributed by atoms with E-state index in [1.807, 2.05) is 0 Å². The van der Waals surface area contributed by atoms with Gasteiger partial charge in [0.15, 0.2) is 0 Å². The normalized spacial score (nSPS) is 31.9. The summed E-state index contributed by atoms with van der Waals surface area (Å²) in [5.74, 6) is 1.77. The van der Waals surface area contributed by atoms with Gasteiger partial charge in [-0.15, -0.1) is 0 Å². The molecular weight excluding hydrogens is 444 g/mol. The lowest BCUT2D eigenvalue weighted by Crippen LogP contribution is -2.56. The number of likely N-dealkylation sites (tertiary alicyclic amines) is 1. The van der Waals surface area contributed by atoms with Gasteiger partial charge in [0.2, 0.25) is 5.91 Å². The van der Waals surface area contributed by atoms with Crippen LogP contribution in [0.3, 0.4) is 0 Å². The molecule has 190 valence electrons. The molecule has 2 aromatic rings. The van der Waals surface area contributed by atoms with Crippen molar-refractivity contribution in [2.24, 2.45) is 17.3 Å². The molecule has 1 amide bonds. The number of Topliss-reactive ketones (excluding diaryl/α,β-unsaturated/α-hetero) is 1. The molecule has 1 N–H and O–H groups in total. The van der Waals surface area contributed by atoms with Crippen LogP contribution in [0.4, 0.5) is 0 Å². The van der Waals surface area contributed by atoms with Crippen molar-refractivity contribution in [3.63, 3.8) is 0 Å². The topological polar surface area (TPSA) is 49.4 Å². The van der Waals surface area contributed by atoms with Crippen LogP contribution in [0.5, 0.6) is 0 Å². The van der Waals surface area contributed by atoms with Gasteiger partial charge in [0.25, 0.3) is 0 Å². The quantitative estimate of drug-likeness (QED) is 0.526. The van der Waals surface area contributed by atoms with Crippen LogP contribution in [0, 0.1) is 17.3 Å². The van der Waals surface area contributed by atoms with Gasteiger partial charge in [-0.1, -0.05) is 60.7 Å². The standard InChI is InChI=1S/C32H40N2O2/c35-29(11-12-30(36)33-28-13-15-34(16-14-28)22-24-7-3-1-4-8-24)32-20-25-17-26(21-32)19-31(18-25,23-32)27-9-5-2-6-10-27/h1-10,25-26,28H,11-23H2,(H,33,36). The number of nitrogens with zero attached hydrogens (tertiary/aromatic N) is 1. The Morgan fingerprint density at radius 2 is 1.47 bits per heavy atom. The first kappa shape index (κ1) is 23.9. The number of hydrogen-bond donors (Lipinski definition) is 1. The summed E-state index contributed by atoms with van der Waals surface area (Å²) >= 11 is 0. The molecule has 2 unspecified atom stereocenters. The molecule has 36 heavy (non-hydrogen) atoms. The lowest BCUT2D eigenvalue weighted by Gasteiger charge is -2.62. The fourth-order valence-corrected chi connectivity index (χ4v) is 8.59. The minimum Gasteiger partial charge on any atom is -0.353 e. The monoisotopic (exact) mass is 484 g/mol. The van der Waals surface area contributed by atoms with Gasteiger partial charge in [-0.2, -0.15) is 0 Å². The fourth-order valence-electron chi connectivity index (χ4n) is 8.59. The van der Waals surface area contributed by atoms with E-state index in [1.165, 1.54) is 30.4 Å². The highest BCUT2D eigenvalue weighted by atomic mass is 16.2. The summed E-state index contributed by atoms with van der Waals surface area (Å²) in [6.07, 6.45) is 9.61. The zero-order valence-corrected chi connectivity index (χ0v) is 21.5. The number of carbonyl (C=O) groups excluding carboxylic acids is 2. The van der Waals surface area contributed by atoms with Crippen LogP contribution in [-0.2, 0) is 21.5 Å². The third-order valence-corrected chi connectivity index (χ3v) is 9.82. The van der Waals surface area contributed by atoms with Crippen molar-refractivity contribution in [2.75, 3.05) is 13.1 Å². The minimum atomic E-state index is -0.191. The van der Waals surface area contributed by atoms with Crippen molar-refractivity contribution >= 4 is 11.7 Å².